The lowest BCUT2D eigenvalue weighted by atomic mass is 10.1. The number of aliphatic hydroxyl groups is 1. The Morgan fingerprint density at radius 2 is 2.10 bits per heavy atom. The van der Waals surface area contributed by atoms with Crippen LogP contribution in [0.4, 0.5) is 10.1 Å². The molecule has 0 aliphatic rings. The summed E-state index contributed by atoms with van der Waals surface area (Å²) < 4.78 is 19.7. The van der Waals surface area contributed by atoms with Crippen molar-refractivity contribution in [1.29, 1.82) is 0 Å². The van der Waals surface area contributed by atoms with Crippen LogP contribution in [0.1, 0.15) is 18.6 Å². The van der Waals surface area contributed by atoms with Gasteiger partial charge in [-0.3, -0.25) is 10.1 Å². The van der Waals surface area contributed by atoms with Gasteiger partial charge in [0.15, 0.2) is 11.6 Å². The summed E-state index contributed by atoms with van der Waals surface area (Å²) in [4.78, 5) is 10.2. The van der Waals surface area contributed by atoms with E-state index in [4.69, 9.17) is 4.74 Å². The van der Waals surface area contributed by atoms with E-state index in [1.165, 1.54) is 43.3 Å². The largest absolute Gasteiger partial charge is 0.454 e. The van der Waals surface area contributed by atoms with Crippen LogP contribution in [0.15, 0.2) is 40.9 Å². The van der Waals surface area contributed by atoms with E-state index >= 15 is 0 Å². The Balaban J connectivity index is 2.45. The first-order valence-electron chi connectivity index (χ1n) is 5.98. The number of benzene rings is 2. The molecule has 0 aliphatic carbocycles. The van der Waals surface area contributed by atoms with Crippen molar-refractivity contribution < 1.29 is 19.2 Å². The summed E-state index contributed by atoms with van der Waals surface area (Å²) in [7, 11) is 0. The maximum absolute atomic E-state index is 13.9. The molecule has 0 aromatic heterocycles. The van der Waals surface area contributed by atoms with E-state index in [0.717, 1.165) is 0 Å². The fraction of sp³-hybridized carbons (Fsp3) is 0.143. The van der Waals surface area contributed by atoms with Gasteiger partial charge in [-0.25, -0.2) is 4.39 Å². The number of halogens is 2. The smallest absolute Gasteiger partial charge is 0.274 e. The SMILES string of the molecule is CC(O)c1cccc(F)c1Oc1cc(Br)cc([N+](=O)[O-])c1. The van der Waals surface area contributed by atoms with Gasteiger partial charge in [-0.1, -0.05) is 28.1 Å². The number of nitrogens with zero attached hydrogens (tertiary/aromatic N) is 1. The number of aliphatic hydroxyl groups excluding tert-OH is 1. The molecule has 7 heteroatoms. The van der Waals surface area contributed by atoms with Gasteiger partial charge in [0.25, 0.3) is 5.69 Å². The van der Waals surface area contributed by atoms with Crippen LogP contribution in [0, 0.1) is 15.9 Å². The fourth-order valence-corrected chi connectivity index (χ4v) is 2.25. The molecular formula is C14H11BrFNO4. The average molecular weight is 356 g/mol. The number of nitro benzene ring substituents is 1. The monoisotopic (exact) mass is 355 g/mol. The van der Waals surface area contributed by atoms with Crippen molar-refractivity contribution in [2.24, 2.45) is 0 Å². The summed E-state index contributed by atoms with van der Waals surface area (Å²) in [5, 5.41) is 20.5. The summed E-state index contributed by atoms with van der Waals surface area (Å²) in [6, 6.07) is 8.13. The van der Waals surface area contributed by atoms with E-state index in [-0.39, 0.29) is 22.7 Å². The first kappa shape index (κ1) is 15.4. The van der Waals surface area contributed by atoms with E-state index in [2.05, 4.69) is 15.9 Å². The van der Waals surface area contributed by atoms with Crippen LogP contribution in [-0.2, 0) is 0 Å². The zero-order chi connectivity index (χ0) is 15.6. The molecule has 1 N–H and O–H groups in total. The highest BCUT2D eigenvalue weighted by Gasteiger charge is 2.17. The second-order valence-electron chi connectivity index (χ2n) is 4.34. The molecule has 21 heavy (non-hydrogen) atoms. The molecule has 0 saturated heterocycles. The molecule has 1 unspecified atom stereocenters. The van der Waals surface area contributed by atoms with Crippen LogP contribution in [0.2, 0.25) is 0 Å². The molecule has 2 aromatic rings. The number of non-ortho nitro benzene ring substituents is 1. The standard InChI is InChI=1S/C14H11BrFNO4/c1-8(18)12-3-2-4-13(16)14(12)21-11-6-9(15)5-10(7-11)17(19)20/h2-8,18H,1H3. The van der Waals surface area contributed by atoms with Crippen LogP contribution in [-0.4, -0.2) is 10.0 Å². The molecule has 0 heterocycles. The van der Waals surface area contributed by atoms with Crippen molar-refractivity contribution in [1.82, 2.24) is 0 Å². The topological polar surface area (TPSA) is 72.6 Å². The van der Waals surface area contributed by atoms with Gasteiger partial charge in [-0.2, -0.15) is 0 Å². The van der Waals surface area contributed by atoms with E-state index in [9.17, 15) is 19.6 Å². The second kappa shape index (κ2) is 6.19. The van der Waals surface area contributed by atoms with Crippen molar-refractivity contribution >= 4 is 21.6 Å². The molecule has 0 radical (unpaired) electrons. The number of nitro groups is 1. The number of hydrogen-bond acceptors (Lipinski definition) is 4. The van der Waals surface area contributed by atoms with Crippen molar-refractivity contribution in [2.75, 3.05) is 0 Å². The molecule has 0 amide bonds. The Bertz CT molecular complexity index is 691. The molecule has 2 rings (SSSR count). The highest BCUT2D eigenvalue weighted by atomic mass is 79.9. The molecular weight excluding hydrogens is 345 g/mol. The number of rotatable bonds is 4. The molecule has 1 atom stereocenters. The Morgan fingerprint density at radius 3 is 2.71 bits per heavy atom. The zero-order valence-electron chi connectivity index (χ0n) is 10.9. The van der Waals surface area contributed by atoms with Crippen LogP contribution < -0.4 is 4.74 Å². The summed E-state index contributed by atoms with van der Waals surface area (Å²) in [5.41, 5.74) is 0.0759. The third-order valence-electron chi connectivity index (χ3n) is 2.73. The van der Waals surface area contributed by atoms with Crippen molar-refractivity contribution in [3.63, 3.8) is 0 Å². The van der Waals surface area contributed by atoms with Crippen LogP contribution in [0.3, 0.4) is 0 Å². The van der Waals surface area contributed by atoms with Gasteiger partial charge in [0.2, 0.25) is 0 Å². The molecule has 0 fully saturated rings. The summed E-state index contributed by atoms with van der Waals surface area (Å²) in [5.74, 6) is -0.709. The van der Waals surface area contributed by atoms with Crippen molar-refractivity contribution in [3.05, 3.63) is 62.4 Å². The van der Waals surface area contributed by atoms with E-state index in [1.807, 2.05) is 0 Å². The third-order valence-corrected chi connectivity index (χ3v) is 3.19. The van der Waals surface area contributed by atoms with Gasteiger partial charge in [-0.15, -0.1) is 0 Å². The quantitative estimate of drug-likeness (QED) is 0.653. The van der Waals surface area contributed by atoms with E-state index in [0.29, 0.717) is 4.47 Å². The highest BCUT2D eigenvalue weighted by Crippen LogP contribution is 2.35. The normalized spacial score (nSPS) is 12.0. The predicted molar refractivity (Wildman–Crippen MR) is 77.9 cm³/mol. The summed E-state index contributed by atoms with van der Waals surface area (Å²) in [6.07, 6.45) is -0.933. The zero-order valence-corrected chi connectivity index (χ0v) is 12.5. The second-order valence-corrected chi connectivity index (χ2v) is 5.25. The minimum absolute atomic E-state index is 0.100. The molecule has 0 spiro atoms. The van der Waals surface area contributed by atoms with Gasteiger partial charge in [0.05, 0.1) is 17.1 Å². The molecule has 0 saturated carbocycles. The van der Waals surface area contributed by atoms with E-state index in [1.54, 1.807) is 0 Å². The lowest BCUT2D eigenvalue weighted by molar-refractivity contribution is -0.385. The minimum Gasteiger partial charge on any atom is -0.454 e. The van der Waals surface area contributed by atoms with Crippen LogP contribution >= 0.6 is 15.9 Å². The first-order chi connectivity index (χ1) is 9.88. The third kappa shape index (κ3) is 3.56. The molecule has 0 bridgehead atoms. The van der Waals surface area contributed by atoms with Gasteiger partial charge in [0.1, 0.15) is 5.75 Å². The number of ether oxygens (including phenoxy) is 1. The maximum Gasteiger partial charge on any atom is 0.274 e. The summed E-state index contributed by atoms with van der Waals surface area (Å²) >= 11 is 3.13. The van der Waals surface area contributed by atoms with Gasteiger partial charge in [0, 0.05) is 16.1 Å². The number of para-hydroxylation sites is 1. The Kier molecular flexibility index (Phi) is 4.54. The van der Waals surface area contributed by atoms with Gasteiger partial charge >= 0.3 is 0 Å². The predicted octanol–water partition coefficient (Wildman–Crippen LogP) is 4.34. The van der Waals surface area contributed by atoms with Gasteiger partial charge < -0.3 is 9.84 Å². The van der Waals surface area contributed by atoms with Gasteiger partial charge in [-0.05, 0) is 19.1 Å². The Morgan fingerprint density at radius 1 is 1.38 bits per heavy atom. The highest BCUT2D eigenvalue weighted by molar-refractivity contribution is 9.10. The van der Waals surface area contributed by atoms with Crippen molar-refractivity contribution in [2.45, 2.75) is 13.0 Å². The molecule has 2 aromatic carbocycles. The Hall–Kier alpha value is -1.99. The van der Waals surface area contributed by atoms with Crippen LogP contribution in [0.5, 0.6) is 11.5 Å². The van der Waals surface area contributed by atoms with Crippen molar-refractivity contribution in [3.8, 4) is 11.5 Å². The molecule has 0 aliphatic heterocycles. The fourth-order valence-electron chi connectivity index (χ4n) is 1.79. The lowest BCUT2D eigenvalue weighted by Crippen LogP contribution is -1.99. The van der Waals surface area contributed by atoms with E-state index < -0.39 is 16.8 Å². The number of hydrogen-bond donors (Lipinski definition) is 1. The molecule has 110 valence electrons. The average Bonchev–Trinajstić information content (AvgIpc) is 2.40. The maximum atomic E-state index is 13.9. The lowest BCUT2D eigenvalue weighted by Gasteiger charge is -2.14. The first-order valence-corrected chi connectivity index (χ1v) is 6.77. The van der Waals surface area contributed by atoms with Crippen LogP contribution in [0.25, 0.3) is 0 Å². The summed E-state index contributed by atoms with van der Waals surface area (Å²) in [6.45, 7) is 1.48. The molecule has 5 nitrogen and oxygen atoms in total. The minimum atomic E-state index is -0.933. The Labute approximate surface area is 128 Å².